The van der Waals surface area contributed by atoms with E-state index in [1.807, 2.05) is 59.3 Å². The van der Waals surface area contributed by atoms with Gasteiger partial charge in [0, 0.05) is 28.3 Å². The molecule has 4 aromatic rings. The van der Waals surface area contributed by atoms with Gasteiger partial charge in [-0.3, -0.25) is 9.59 Å². The number of amides is 1. The first-order chi connectivity index (χ1) is 14.1. The number of fused-ring (bicyclic) bond motifs is 1. The van der Waals surface area contributed by atoms with E-state index in [0.29, 0.717) is 16.8 Å². The molecule has 1 aromatic heterocycles. The highest BCUT2D eigenvalue weighted by Crippen LogP contribution is 2.16. The third kappa shape index (κ3) is 5.01. The summed E-state index contributed by atoms with van der Waals surface area (Å²) < 4.78 is 2.86. The molecule has 0 aliphatic rings. The fraction of sp³-hybridized carbons (Fsp3) is 0.0417. The van der Waals surface area contributed by atoms with Crippen LogP contribution in [0.3, 0.4) is 0 Å². The first-order valence-corrected chi connectivity index (χ1v) is 9.97. The van der Waals surface area contributed by atoms with Crippen molar-refractivity contribution < 1.29 is 31.1 Å². The minimum atomic E-state index is -0.180. The van der Waals surface area contributed by atoms with E-state index in [-0.39, 0.29) is 35.2 Å². The molecule has 4 nitrogen and oxygen atoms in total. The quantitative estimate of drug-likeness (QED) is 0.320. The molecular formula is C24H18Br2N2O2. The standard InChI is InChI=1S/C24H17BrN2O2.BrH/c25-20-14-19-8-4-5-9-22(19)27(15-20)16-23(28)17-10-12-21(13-11-17)26-24(29)18-6-2-1-3-7-18;/h1-15H,16H2;1H. The summed E-state index contributed by atoms with van der Waals surface area (Å²) in [6.45, 7) is 0.232. The Labute approximate surface area is 193 Å². The van der Waals surface area contributed by atoms with Crippen LogP contribution in [0, 0.1) is 0 Å². The Kier molecular flexibility index (Phi) is 7.13. The SMILES string of the molecule is O=C(C[n+]1cc(Br)cc2ccccc21)c1ccc(NC(=O)c2ccccc2)cc1.[Br-]. The average Bonchev–Trinajstić information content (AvgIpc) is 2.74. The first-order valence-electron chi connectivity index (χ1n) is 9.17. The number of para-hydroxylation sites is 1. The van der Waals surface area contributed by atoms with Gasteiger partial charge in [0.1, 0.15) is 0 Å². The number of Topliss-reactive ketones (excluding diaryl/α,β-unsaturated/α-hetero) is 1. The van der Waals surface area contributed by atoms with Gasteiger partial charge in [0.25, 0.3) is 5.91 Å². The smallest absolute Gasteiger partial charge is 0.255 e. The topological polar surface area (TPSA) is 50.0 Å². The Balaban J connectivity index is 0.00000256. The lowest BCUT2D eigenvalue weighted by Gasteiger charge is -2.06. The third-order valence-corrected chi connectivity index (χ3v) is 5.07. The number of hydrogen-bond donors (Lipinski definition) is 1. The molecule has 6 heteroatoms. The minimum absolute atomic E-state index is 0. The third-order valence-electron chi connectivity index (χ3n) is 4.63. The average molecular weight is 526 g/mol. The van der Waals surface area contributed by atoms with Gasteiger partial charge >= 0.3 is 0 Å². The highest BCUT2D eigenvalue weighted by Gasteiger charge is 2.16. The van der Waals surface area contributed by atoms with E-state index in [4.69, 9.17) is 0 Å². The second kappa shape index (κ2) is 9.78. The van der Waals surface area contributed by atoms with Crippen LogP contribution in [0.25, 0.3) is 10.9 Å². The van der Waals surface area contributed by atoms with E-state index in [2.05, 4.69) is 21.2 Å². The van der Waals surface area contributed by atoms with Gasteiger partial charge in [0.15, 0.2) is 6.20 Å². The Morgan fingerprint density at radius 1 is 0.833 bits per heavy atom. The molecule has 0 spiro atoms. The Hall–Kier alpha value is -2.83. The van der Waals surface area contributed by atoms with Crippen LogP contribution in [0.5, 0.6) is 0 Å². The van der Waals surface area contributed by atoms with Crippen LogP contribution < -0.4 is 26.9 Å². The number of halogens is 2. The zero-order valence-corrected chi connectivity index (χ0v) is 19.1. The number of pyridine rings is 1. The fourth-order valence-electron chi connectivity index (χ4n) is 3.18. The number of rotatable bonds is 5. The summed E-state index contributed by atoms with van der Waals surface area (Å²) in [6, 6.07) is 26.0. The van der Waals surface area contributed by atoms with Crippen molar-refractivity contribution in [2.45, 2.75) is 6.54 Å². The lowest BCUT2D eigenvalue weighted by Crippen LogP contribution is -3.00. The number of carbonyl (C=O) groups is 2. The molecule has 3 aromatic carbocycles. The van der Waals surface area contributed by atoms with Crippen molar-refractivity contribution in [1.29, 1.82) is 0 Å². The first kappa shape index (κ1) is 21.9. The number of carbonyl (C=O) groups excluding carboxylic acids is 2. The number of hydrogen-bond acceptors (Lipinski definition) is 2. The molecule has 0 saturated heterocycles. The van der Waals surface area contributed by atoms with Crippen LogP contribution in [-0.4, -0.2) is 11.7 Å². The number of nitrogens with zero attached hydrogens (tertiary/aromatic N) is 1. The summed E-state index contributed by atoms with van der Waals surface area (Å²) >= 11 is 3.51. The number of nitrogens with one attached hydrogen (secondary N) is 1. The fourth-order valence-corrected chi connectivity index (χ4v) is 3.68. The summed E-state index contributed by atoms with van der Waals surface area (Å²) in [5, 5.41) is 3.91. The molecule has 0 saturated carbocycles. The molecule has 0 radical (unpaired) electrons. The highest BCUT2D eigenvalue weighted by molar-refractivity contribution is 9.10. The molecule has 0 bridgehead atoms. The number of aromatic nitrogens is 1. The molecule has 1 amide bonds. The second-order valence-corrected chi connectivity index (χ2v) is 7.58. The molecule has 150 valence electrons. The van der Waals surface area contributed by atoms with Crippen LogP contribution in [0.1, 0.15) is 20.7 Å². The maximum absolute atomic E-state index is 12.8. The molecule has 0 unspecified atom stereocenters. The number of ketones is 1. The molecule has 0 aliphatic heterocycles. The van der Waals surface area contributed by atoms with E-state index < -0.39 is 0 Å². The highest BCUT2D eigenvalue weighted by atomic mass is 79.9. The van der Waals surface area contributed by atoms with Crippen molar-refractivity contribution >= 4 is 44.2 Å². The van der Waals surface area contributed by atoms with Gasteiger partial charge in [-0.1, -0.05) is 30.3 Å². The summed E-state index contributed by atoms with van der Waals surface area (Å²) in [5.41, 5.74) is 2.83. The van der Waals surface area contributed by atoms with Gasteiger partial charge in [-0.25, -0.2) is 0 Å². The molecule has 4 rings (SSSR count). The number of anilines is 1. The van der Waals surface area contributed by atoms with Gasteiger partial charge in [-0.05, 0) is 64.5 Å². The van der Waals surface area contributed by atoms with Gasteiger partial charge in [-0.15, -0.1) is 0 Å². The summed E-state index contributed by atoms with van der Waals surface area (Å²) in [5.74, 6) is -0.181. The summed E-state index contributed by atoms with van der Waals surface area (Å²) in [6.07, 6.45) is 1.91. The molecule has 0 atom stereocenters. The molecular weight excluding hydrogens is 508 g/mol. The zero-order valence-electron chi connectivity index (χ0n) is 15.9. The van der Waals surface area contributed by atoms with E-state index in [0.717, 1.165) is 15.4 Å². The molecule has 0 fully saturated rings. The summed E-state index contributed by atoms with van der Waals surface area (Å²) in [4.78, 5) is 25.0. The lowest BCUT2D eigenvalue weighted by molar-refractivity contribution is -0.657. The van der Waals surface area contributed by atoms with Gasteiger partial charge < -0.3 is 22.3 Å². The van der Waals surface area contributed by atoms with E-state index >= 15 is 0 Å². The van der Waals surface area contributed by atoms with Gasteiger partial charge in [-0.2, -0.15) is 4.57 Å². The largest absolute Gasteiger partial charge is 1.00 e. The van der Waals surface area contributed by atoms with E-state index in [1.165, 1.54) is 0 Å². The Morgan fingerprint density at radius 2 is 1.50 bits per heavy atom. The van der Waals surface area contributed by atoms with Crippen molar-refractivity contribution in [2.24, 2.45) is 0 Å². The van der Waals surface area contributed by atoms with Gasteiger partial charge in [0.2, 0.25) is 17.8 Å². The molecule has 30 heavy (non-hydrogen) atoms. The van der Waals surface area contributed by atoms with Crippen molar-refractivity contribution in [3.8, 4) is 0 Å². The van der Waals surface area contributed by atoms with E-state index in [1.54, 1.807) is 36.4 Å². The normalized spacial score (nSPS) is 10.3. The van der Waals surface area contributed by atoms with Gasteiger partial charge in [0.05, 0.1) is 4.47 Å². The molecule has 1 heterocycles. The maximum Gasteiger partial charge on any atom is 0.255 e. The monoisotopic (exact) mass is 524 g/mol. The molecule has 1 N–H and O–H groups in total. The maximum atomic E-state index is 12.8. The van der Waals surface area contributed by atoms with Crippen LogP contribution in [0.15, 0.2) is 95.6 Å². The lowest BCUT2D eigenvalue weighted by atomic mass is 10.1. The van der Waals surface area contributed by atoms with Crippen molar-refractivity contribution in [3.05, 3.63) is 107 Å². The van der Waals surface area contributed by atoms with Crippen molar-refractivity contribution in [2.75, 3.05) is 5.32 Å². The Morgan fingerprint density at radius 3 is 2.23 bits per heavy atom. The molecule has 0 aliphatic carbocycles. The summed E-state index contributed by atoms with van der Waals surface area (Å²) in [7, 11) is 0. The van der Waals surface area contributed by atoms with Crippen LogP contribution >= 0.6 is 15.9 Å². The van der Waals surface area contributed by atoms with Crippen LogP contribution in [-0.2, 0) is 6.54 Å². The predicted octanol–water partition coefficient (Wildman–Crippen LogP) is 2.03. The van der Waals surface area contributed by atoms with Crippen LogP contribution in [0.2, 0.25) is 0 Å². The van der Waals surface area contributed by atoms with E-state index in [9.17, 15) is 9.59 Å². The zero-order chi connectivity index (χ0) is 20.2. The van der Waals surface area contributed by atoms with Crippen molar-refractivity contribution in [1.82, 2.24) is 0 Å². The van der Waals surface area contributed by atoms with Crippen LogP contribution in [0.4, 0.5) is 5.69 Å². The number of benzene rings is 3. The Bertz CT molecular complexity index is 1190. The van der Waals surface area contributed by atoms with Crippen molar-refractivity contribution in [3.63, 3.8) is 0 Å². The second-order valence-electron chi connectivity index (χ2n) is 6.67. The minimum Gasteiger partial charge on any atom is -1.00 e. The predicted molar refractivity (Wildman–Crippen MR) is 117 cm³/mol.